The number of rotatable bonds is 5. The van der Waals surface area contributed by atoms with Crippen LogP contribution in [-0.2, 0) is 9.59 Å². The average Bonchev–Trinajstić information content (AvgIpc) is 2.88. The van der Waals surface area contributed by atoms with Gasteiger partial charge in [-0.1, -0.05) is 60.4 Å². The molecule has 7 heteroatoms. The first-order valence-corrected chi connectivity index (χ1v) is 8.93. The summed E-state index contributed by atoms with van der Waals surface area (Å²) in [5, 5.41) is 2.75. The molecule has 0 atom stereocenters. The molecule has 1 aromatic carbocycles. The lowest BCUT2D eigenvalue weighted by molar-refractivity contribution is -0.360. The van der Waals surface area contributed by atoms with Gasteiger partial charge in [0.25, 0.3) is 11.7 Å². The molecule has 5 nitrogen and oxygen atoms in total. The molecule has 2 aromatic rings. The van der Waals surface area contributed by atoms with Crippen LogP contribution in [0.2, 0.25) is 0 Å². The molecule has 2 amide bonds. The van der Waals surface area contributed by atoms with Crippen molar-refractivity contribution < 1.29 is 14.6 Å². The van der Waals surface area contributed by atoms with Crippen LogP contribution in [0.15, 0.2) is 59.6 Å². The SMILES string of the molecule is O=C(CCN1C(=O)C(=Cc2ccccc2)SC1=S)Nc1cccc[nH+]1. The molecule has 0 unspecified atom stereocenters. The Kier molecular flexibility index (Phi) is 5.57. The van der Waals surface area contributed by atoms with Crippen molar-refractivity contribution in [1.29, 1.82) is 0 Å². The van der Waals surface area contributed by atoms with E-state index >= 15 is 0 Å². The maximum atomic E-state index is 12.5. The monoisotopic (exact) mass is 370 g/mol. The third kappa shape index (κ3) is 4.52. The van der Waals surface area contributed by atoms with Gasteiger partial charge < -0.3 is 0 Å². The molecule has 0 radical (unpaired) electrons. The number of nitrogens with one attached hydrogen (secondary N) is 2. The zero-order valence-electron chi connectivity index (χ0n) is 13.3. The van der Waals surface area contributed by atoms with Crippen LogP contribution < -0.4 is 10.3 Å². The van der Waals surface area contributed by atoms with E-state index < -0.39 is 0 Å². The van der Waals surface area contributed by atoms with E-state index in [1.54, 1.807) is 12.3 Å². The fraction of sp³-hybridized carbons (Fsp3) is 0.111. The maximum Gasteiger partial charge on any atom is 0.309 e. The maximum absolute atomic E-state index is 12.5. The quantitative estimate of drug-likeness (QED) is 0.649. The number of benzene rings is 1. The zero-order valence-corrected chi connectivity index (χ0v) is 14.9. The molecule has 126 valence electrons. The van der Waals surface area contributed by atoms with Crippen molar-refractivity contribution in [1.82, 2.24) is 4.90 Å². The van der Waals surface area contributed by atoms with Crippen LogP contribution in [-0.4, -0.2) is 27.6 Å². The number of thiocarbonyl (C=S) groups is 1. The lowest BCUT2D eigenvalue weighted by Gasteiger charge is -2.12. The fourth-order valence-corrected chi connectivity index (χ4v) is 3.60. The molecular formula is C18H16N3O2S2+. The lowest BCUT2D eigenvalue weighted by Crippen LogP contribution is -2.32. The Morgan fingerprint density at radius 1 is 1.20 bits per heavy atom. The number of H-pyrrole nitrogens is 1. The second kappa shape index (κ2) is 8.04. The summed E-state index contributed by atoms with van der Waals surface area (Å²) in [6.45, 7) is 0.259. The summed E-state index contributed by atoms with van der Waals surface area (Å²) in [7, 11) is 0. The lowest BCUT2D eigenvalue weighted by atomic mass is 10.2. The number of nitrogens with zero attached hydrogens (tertiary/aromatic N) is 1. The molecule has 1 fully saturated rings. The van der Waals surface area contributed by atoms with Crippen LogP contribution in [0.3, 0.4) is 0 Å². The zero-order chi connectivity index (χ0) is 17.6. The Hall–Kier alpha value is -2.51. The number of hydrogen-bond donors (Lipinski definition) is 1. The summed E-state index contributed by atoms with van der Waals surface area (Å²) in [6, 6.07) is 15.0. The molecule has 0 aliphatic carbocycles. The van der Waals surface area contributed by atoms with Crippen molar-refractivity contribution in [2.24, 2.45) is 0 Å². The van der Waals surface area contributed by atoms with Crippen LogP contribution in [0.25, 0.3) is 6.08 Å². The van der Waals surface area contributed by atoms with Crippen LogP contribution in [0.5, 0.6) is 0 Å². The summed E-state index contributed by atoms with van der Waals surface area (Å²) in [6.07, 6.45) is 3.72. The predicted octanol–water partition coefficient (Wildman–Crippen LogP) is 2.73. The first-order valence-electron chi connectivity index (χ1n) is 7.70. The molecule has 1 aliphatic rings. The minimum atomic E-state index is -0.177. The number of aromatic amines is 1. The van der Waals surface area contributed by atoms with Gasteiger partial charge >= 0.3 is 5.91 Å². The number of aromatic nitrogens is 1. The molecule has 2 N–H and O–H groups in total. The molecule has 0 bridgehead atoms. The Morgan fingerprint density at radius 2 is 1.96 bits per heavy atom. The van der Waals surface area contributed by atoms with Crippen LogP contribution >= 0.6 is 24.0 Å². The highest BCUT2D eigenvalue weighted by Gasteiger charge is 2.32. The molecule has 3 rings (SSSR count). The highest BCUT2D eigenvalue weighted by Crippen LogP contribution is 2.32. The van der Waals surface area contributed by atoms with E-state index in [2.05, 4.69) is 10.3 Å². The van der Waals surface area contributed by atoms with Gasteiger partial charge in [-0.25, -0.2) is 15.1 Å². The average molecular weight is 370 g/mol. The summed E-state index contributed by atoms with van der Waals surface area (Å²) in [5.41, 5.74) is 0.945. The second-order valence-corrected chi connectivity index (χ2v) is 6.99. The number of amides is 2. The summed E-state index contributed by atoms with van der Waals surface area (Å²) in [4.78, 5) is 29.5. The molecule has 2 heterocycles. The Labute approximate surface area is 155 Å². The van der Waals surface area contributed by atoms with Crippen LogP contribution in [0.1, 0.15) is 12.0 Å². The smallest absolute Gasteiger partial charge is 0.292 e. The summed E-state index contributed by atoms with van der Waals surface area (Å²) in [5.74, 6) is 0.281. The van der Waals surface area contributed by atoms with E-state index in [1.165, 1.54) is 16.7 Å². The molecular weight excluding hydrogens is 354 g/mol. The van der Waals surface area contributed by atoms with Gasteiger partial charge in [-0.15, -0.1) is 0 Å². The van der Waals surface area contributed by atoms with Gasteiger partial charge in [0.05, 0.1) is 17.5 Å². The second-order valence-electron chi connectivity index (χ2n) is 5.32. The number of anilines is 1. The standard InChI is InChI=1S/C18H15N3O2S2/c22-16(20-15-8-4-5-10-19-15)9-11-21-17(23)14(25-18(21)24)12-13-6-2-1-3-7-13/h1-8,10,12H,9,11H2,(H,19,20,22)/p+1. The number of carbonyl (C=O) groups is 2. The van der Waals surface area contributed by atoms with Gasteiger partial charge in [-0.2, -0.15) is 0 Å². The van der Waals surface area contributed by atoms with Crippen molar-refractivity contribution >= 4 is 52.0 Å². The molecule has 0 saturated carbocycles. The minimum Gasteiger partial charge on any atom is -0.292 e. The summed E-state index contributed by atoms with van der Waals surface area (Å²) >= 11 is 6.55. The van der Waals surface area contributed by atoms with E-state index in [0.717, 1.165) is 5.56 Å². The molecule has 1 aliphatic heterocycles. The van der Waals surface area contributed by atoms with Gasteiger partial charge in [0.15, 0.2) is 0 Å². The topological polar surface area (TPSA) is 63.6 Å². The third-order valence-electron chi connectivity index (χ3n) is 3.52. The van der Waals surface area contributed by atoms with Crippen molar-refractivity contribution in [2.75, 3.05) is 11.9 Å². The number of thioether (sulfide) groups is 1. The van der Waals surface area contributed by atoms with Gasteiger partial charge in [0.2, 0.25) is 0 Å². The highest BCUT2D eigenvalue weighted by atomic mass is 32.2. The van der Waals surface area contributed by atoms with Gasteiger partial charge in [-0.3, -0.25) is 9.69 Å². The van der Waals surface area contributed by atoms with Crippen molar-refractivity contribution in [3.05, 3.63) is 65.2 Å². The Bertz CT molecular complexity index is 823. The van der Waals surface area contributed by atoms with E-state index in [9.17, 15) is 9.59 Å². The number of pyridine rings is 1. The van der Waals surface area contributed by atoms with E-state index in [-0.39, 0.29) is 24.8 Å². The van der Waals surface area contributed by atoms with E-state index in [1.807, 2.05) is 48.5 Å². The normalized spacial score (nSPS) is 15.7. The van der Waals surface area contributed by atoms with Crippen molar-refractivity contribution in [3.63, 3.8) is 0 Å². The fourth-order valence-electron chi connectivity index (χ4n) is 2.29. The Balaban J connectivity index is 1.59. The van der Waals surface area contributed by atoms with Crippen molar-refractivity contribution in [3.8, 4) is 0 Å². The largest absolute Gasteiger partial charge is 0.309 e. The molecule has 1 saturated heterocycles. The number of hydrogen-bond acceptors (Lipinski definition) is 4. The molecule has 1 aromatic heterocycles. The first-order chi connectivity index (χ1) is 12.1. The Morgan fingerprint density at radius 3 is 2.68 bits per heavy atom. The third-order valence-corrected chi connectivity index (χ3v) is 4.89. The molecule has 0 spiro atoms. The van der Waals surface area contributed by atoms with Gasteiger partial charge in [0.1, 0.15) is 4.32 Å². The molecule has 25 heavy (non-hydrogen) atoms. The van der Waals surface area contributed by atoms with Crippen LogP contribution in [0.4, 0.5) is 5.82 Å². The minimum absolute atomic E-state index is 0.155. The first kappa shape index (κ1) is 17.3. The van der Waals surface area contributed by atoms with Gasteiger partial charge in [-0.05, 0) is 17.7 Å². The summed E-state index contributed by atoms with van der Waals surface area (Å²) < 4.78 is 0.478. The van der Waals surface area contributed by atoms with Crippen molar-refractivity contribution in [2.45, 2.75) is 6.42 Å². The van der Waals surface area contributed by atoms with Gasteiger partial charge in [0, 0.05) is 12.6 Å². The van der Waals surface area contributed by atoms with E-state index in [0.29, 0.717) is 15.0 Å². The predicted molar refractivity (Wildman–Crippen MR) is 103 cm³/mol. The van der Waals surface area contributed by atoms with E-state index in [4.69, 9.17) is 12.2 Å². The highest BCUT2D eigenvalue weighted by molar-refractivity contribution is 8.26. The number of carbonyl (C=O) groups excluding carboxylic acids is 2. The van der Waals surface area contributed by atoms with Crippen LogP contribution in [0, 0.1) is 0 Å².